The molecule has 1 aromatic heterocycles. The van der Waals surface area contributed by atoms with E-state index in [4.69, 9.17) is 27.9 Å². The quantitative estimate of drug-likeness (QED) is 0.248. The Hall–Kier alpha value is -2.91. The topological polar surface area (TPSA) is 60.9 Å². The minimum absolute atomic E-state index is 0.243. The van der Waals surface area contributed by atoms with Crippen LogP contribution in [0, 0.1) is 5.82 Å². The molecule has 1 unspecified atom stereocenters. The van der Waals surface area contributed by atoms with E-state index in [1.807, 2.05) is 13.1 Å². The smallest absolute Gasteiger partial charge is 0.410 e. The second-order valence-corrected chi connectivity index (χ2v) is 11.2. The van der Waals surface area contributed by atoms with Crippen LogP contribution < -0.4 is 15.0 Å². The number of ether oxygens (including phenoxy) is 1. The van der Waals surface area contributed by atoms with Gasteiger partial charge in [0.15, 0.2) is 0 Å². The molecule has 1 amide bonds. The molecule has 0 spiro atoms. The fourth-order valence-corrected chi connectivity index (χ4v) is 5.97. The van der Waals surface area contributed by atoms with Gasteiger partial charge in [0.2, 0.25) is 0 Å². The number of rotatable bonds is 11. The summed E-state index contributed by atoms with van der Waals surface area (Å²) in [5, 5.41) is 3.55. The van der Waals surface area contributed by atoms with Gasteiger partial charge >= 0.3 is 6.09 Å². The highest BCUT2D eigenvalue weighted by Gasteiger charge is 2.29. The average molecular weight is 603 g/mol. The normalized spacial score (nSPS) is 15.1. The van der Waals surface area contributed by atoms with Gasteiger partial charge < -0.3 is 9.64 Å². The van der Waals surface area contributed by atoms with Crippen molar-refractivity contribution in [1.29, 1.82) is 0 Å². The zero-order valence-corrected chi connectivity index (χ0v) is 25.3. The van der Waals surface area contributed by atoms with Crippen molar-refractivity contribution in [3.8, 4) is 5.75 Å². The summed E-state index contributed by atoms with van der Waals surface area (Å²) >= 11 is 12.5. The molecule has 4 rings (SSSR count). The third-order valence-corrected chi connectivity index (χ3v) is 8.12. The minimum atomic E-state index is -0.607. The molecule has 0 radical (unpaired) electrons. The Kier molecular flexibility index (Phi) is 11.2. The maximum atomic E-state index is 14.3. The number of anilines is 2. The highest BCUT2D eigenvalue weighted by Crippen LogP contribution is 2.28. The molecule has 41 heavy (non-hydrogen) atoms. The van der Waals surface area contributed by atoms with Crippen molar-refractivity contribution >= 4 is 40.8 Å². The summed E-state index contributed by atoms with van der Waals surface area (Å²) in [6.07, 6.45) is 4.02. The summed E-state index contributed by atoms with van der Waals surface area (Å²) in [7, 11) is 1.99. The number of hydrogen-bond acceptors (Lipinski definition) is 6. The number of para-hydroxylation sites is 1. The van der Waals surface area contributed by atoms with E-state index in [0.29, 0.717) is 51.5 Å². The highest BCUT2D eigenvalue weighted by atomic mass is 35.5. The van der Waals surface area contributed by atoms with Crippen molar-refractivity contribution in [2.45, 2.75) is 51.7 Å². The van der Waals surface area contributed by atoms with Gasteiger partial charge in [-0.25, -0.2) is 14.2 Å². The van der Waals surface area contributed by atoms with Gasteiger partial charge in [-0.3, -0.25) is 15.1 Å². The molecule has 1 aliphatic heterocycles. The molecule has 1 atom stereocenters. The minimum Gasteiger partial charge on any atom is -0.410 e. The monoisotopic (exact) mass is 601 g/mol. The van der Waals surface area contributed by atoms with Crippen molar-refractivity contribution in [3.63, 3.8) is 0 Å². The number of hydrogen-bond donors (Lipinski definition) is 1. The van der Waals surface area contributed by atoms with E-state index in [0.717, 1.165) is 45.4 Å². The van der Waals surface area contributed by atoms with Gasteiger partial charge in [0.1, 0.15) is 17.4 Å². The van der Waals surface area contributed by atoms with Crippen LogP contribution in [0.25, 0.3) is 0 Å². The molecular weight excluding hydrogens is 564 g/mol. The number of likely N-dealkylation sites (tertiary alicyclic amines) is 1. The lowest BCUT2D eigenvalue weighted by molar-refractivity contribution is 0.0751. The fourth-order valence-electron chi connectivity index (χ4n) is 5.50. The molecule has 1 N–H and O–H groups in total. The number of carbonyl (C=O) groups is 1. The summed E-state index contributed by atoms with van der Waals surface area (Å²) in [6.45, 7) is 8.56. The summed E-state index contributed by atoms with van der Waals surface area (Å²) in [5.74, 6) is 0.864. The molecule has 0 saturated carbocycles. The Morgan fingerprint density at radius 2 is 1.88 bits per heavy atom. The number of benzene rings is 2. The first kappa shape index (κ1) is 31.0. The fraction of sp³-hybridized carbons (Fsp3) is 0.419. The zero-order valence-electron chi connectivity index (χ0n) is 23.8. The number of pyridine rings is 1. The van der Waals surface area contributed by atoms with Crippen LogP contribution >= 0.6 is 23.2 Å². The first-order chi connectivity index (χ1) is 19.8. The second-order valence-electron chi connectivity index (χ2n) is 10.4. The van der Waals surface area contributed by atoms with Crippen LogP contribution in [-0.4, -0.2) is 66.2 Å². The van der Waals surface area contributed by atoms with Gasteiger partial charge in [-0.2, -0.15) is 0 Å². The molecule has 10 heteroatoms. The molecule has 0 bridgehead atoms. The van der Waals surface area contributed by atoms with Gasteiger partial charge in [-0.1, -0.05) is 61.3 Å². The lowest BCUT2D eigenvalue weighted by atomic mass is 9.99. The predicted octanol–water partition coefficient (Wildman–Crippen LogP) is 7.34. The molecule has 1 saturated heterocycles. The van der Waals surface area contributed by atoms with E-state index in [2.05, 4.69) is 38.8 Å². The Bertz CT molecular complexity index is 1290. The standard InChI is InChI=1S/C31H38Cl2FN5O2/c1-4-25(39(5-2)26-13-15-38(16-14-26)20-22-11-12-23(32)17-29(22)34)21-37(3)30-28(33)18-24(19-35-30)36-31(40)41-27-9-7-6-8-10-27/h6-12,17-19,25-26H,4-5,13-16,20-21H2,1-3H3,(H,36,40). The van der Waals surface area contributed by atoms with Crippen LogP contribution in [0.15, 0.2) is 60.8 Å². The number of halogens is 3. The maximum absolute atomic E-state index is 14.3. The van der Waals surface area contributed by atoms with E-state index in [1.165, 1.54) is 6.07 Å². The van der Waals surface area contributed by atoms with Gasteiger partial charge in [0.25, 0.3) is 0 Å². The Labute approximate surface area is 252 Å². The Morgan fingerprint density at radius 1 is 1.15 bits per heavy atom. The third-order valence-electron chi connectivity index (χ3n) is 7.61. The number of aromatic nitrogens is 1. The lowest BCUT2D eigenvalue weighted by Crippen LogP contribution is -2.51. The van der Waals surface area contributed by atoms with Crippen LogP contribution in [0.4, 0.5) is 20.7 Å². The van der Waals surface area contributed by atoms with Crippen LogP contribution in [-0.2, 0) is 6.54 Å². The van der Waals surface area contributed by atoms with Gasteiger partial charge in [-0.15, -0.1) is 0 Å². The number of amides is 1. The second kappa shape index (κ2) is 14.8. The summed E-state index contributed by atoms with van der Waals surface area (Å²) < 4.78 is 19.6. The number of piperidine rings is 1. The molecule has 0 aliphatic carbocycles. The van der Waals surface area contributed by atoms with Crippen molar-refractivity contribution in [2.75, 3.05) is 43.4 Å². The summed E-state index contributed by atoms with van der Waals surface area (Å²) in [5.41, 5.74) is 1.15. The SMILES string of the molecule is CCC(CN(C)c1ncc(NC(=O)Oc2ccccc2)cc1Cl)N(CC)C1CCN(Cc2ccc(Cl)cc2F)CC1. The zero-order chi connectivity index (χ0) is 29.4. The van der Waals surface area contributed by atoms with Crippen LogP contribution in [0.3, 0.4) is 0 Å². The van der Waals surface area contributed by atoms with E-state index in [-0.39, 0.29) is 5.82 Å². The molecular formula is C31H38Cl2FN5O2. The molecule has 2 heterocycles. The van der Waals surface area contributed by atoms with Crippen molar-refractivity contribution in [2.24, 2.45) is 0 Å². The lowest BCUT2D eigenvalue weighted by Gasteiger charge is -2.43. The summed E-state index contributed by atoms with van der Waals surface area (Å²) in [4.78, 5) is 23.8. The number of likely N-dealkylation sites (N-methyl/N-ethyl adjacent to an activating group) is 2. The predicted molar refractivity (Wildman–Crippen MR) is 165 cm³/mol. The van der Waals surface area contributed by atoms with E-state index in [9.17, 15) is 9.18 Å². The number of carbonyl (C=O) groups excluding carboxylic acids is 1. The highest BCUT2D eigenvalue weighted by molar-refractivity contribution is 6.33. The molecule has 1 fully saturated rings. The van der Waals surface area contributed by atoms with E-state index < -0.39 is 6.09 Å². The first-order valence-electron chi connectivity index (χ1n) is 14.1. The van der Waals surface area contributed by atoms with E-state index >= 15 is 0 Å². The van der Waals surface area contributed by atoms with Crippen LogP contribution in [0.2, 0.25) is 10.0 Å². The van der Waals surface area contributed by atoms with E-state index in [1.54, 1.807) is 48.7 Å². The summed E-state index contributed by atoms with van der Waals surface area (Å²) in [6, 6.07) is 16.2. The van der Waals surface area contributed by atoms with Crippen LogP contribution in [0.1, 0.15) is 38.7 Å². The first-order valence-corrected chi connectivity index (χ1v) is 14.9. The largest absolute Gasteiger partial charge is 0.417 e. The molecule has 3 aromatic rings. The Balaban J connectivity index is 1.32. The number of nitrogens with zero attached hydrogens (tertiary/aromatic N) is 4. The molecule has 2 aromatic carbocycles. The Morgan fingerprint density at radius 3 is 2.51 bits per heavy atom. The van der Waals surface area contributed by atoms with Crippen LogP contribution in [0.5, 0.6) is 5.75 Å². The van der Waals surface area contributed by atoms with Crippen molar-refractivity contribution < 1.29 is 13.9 Å². The van der Waals surface area contributed by atoms with Crippen molar-refractivity contribution in [1.82, 2.24) is 14.8 Å². The average Bonchev–Trinajstić information content (AvgIpc) is 2.95. The van der Waals surface area contributed by atoms with Gasteiger partial charge in [0.05, 0.1) is 16.9 Å². The third kappa shape index (κ3) is 8.55. The maximum Gasteiger partial charge on any atom is 0.417 e. The van der Waals surface area contributed by atoms with Gasteiger partial charge in [-0.05, 0) is 69.2 Å². The molecule has 1 aliphatic rings. The number of nitrogens with one attached hydrogen (secondary N) is 1. The van der Waals surface area contributed by atoms with Crippen molar-refractivity contribution in [3.05, 3.63) is 82.2 Å². The molecule has 7 nitrogen and oxygen atoms in total. The molecule has 220 valence electrons. The van der Waals surface area contributed by atoms with Gasteiger partial charge in [0, 0.05) is 42.8 Å².